The molecule has 0 saturated heterocycles. The van der Waals surface area contributed by atoms with Crippen molar-refractivity contribution < 1.29 is 1910 Å². The van der Waals surface area contributed by atoms with Crippen LogP contribution < -0.4 is 0 Å². The van der Waals surface area contributed by atoms with Crippen LogP contribution in [0.4, 0.5) is 0 Å². The van der Waals surface area contributed by atoms with E-state index in [9.17, 15) is 0 Å². The van der Waals surface area contributed by atoms with Crippen molar-refractivity contribution in [2.75, 3.05) is 0 Å². The van der Waals surface area contributed by atoms with E-state index in [1.165, 1.54) is 0 Å². The molecule has 0 aliphatic heterocycles. The molecule has 100 heteroatoms. The van der Waals surface area contributed by atoms with E-state index in [0.29, 0.717) is 0 Å². The normalized spacial score (nSPS) is 0. The summed E-state index contributed by atoms with van der Waals surface area (Å²) >= 11 is 0. The summed E-state index contributed by atoms with van der Waals surface area (Å²) in [6, 6.07) is 0. The summed E-state index contributed by atoms with van der Waals surface area (Å²) in [5.41, 5.74) is 0. The van der Waals surface area contributed by atoms with Gasteiger partial charge in [-0.15, -0.1) is 0 Å². The average Bonchev–Trinajstić information content (AvgIpc) is 0. The van der Waals surface area contributed by atoms with Crippen LogP contribution >= 0.6 is 0 Å². The van der Waals surface area contributed by atoms with E-state index in [1.54, 1.807) is 0 Å². The van der Waals surface area contributed by atoms with Gasteiger partial charge in [0.15, 0.2) is 0 Å². The minimum absolute atomic E-state index is 0. The standard InChI is InChI=1S/50Ni.50Ti. The largest absolute Gasteiger partial charge is 0 e. The molecular formula is Ni50Ti50. The number of rotatable bonds is 0. The van der Waals surface area contributed by atoms with Crippen LogP contribution in [-0.4, -0.2) is 0 Å². The second kappa shape index (κ2) is 1100. The van der Waals surface area contributed by atoms with Crippen LogP contribution in [0.3, 0.4) is 0 Å². The Kier molecular flexibility index (Phi) is 12300. The van der Waals surface area contributed by atoms with Gasteiger partial charge in [-0.3, -0.25) is 0 Å². The van der Waals surface area contributed by atoms with Crippen molar-refractivity contribution in [3.63, 3.8) is 0 Å². The minimum Gasteiger partial charge on any atom is 0 e. The van der Waals surface area contributed by atoms with Crippen molar-refractivity contribution in [2.45, 2.75) is 0 Å². The minimum atomic E-state index is 0. The molecule has 0 nitrogen and oxygen atoms in total. The van der Waals surface area contributed by atoms with Crippen LogP contribution in [0.5, 0.6) is 0 Å². The molecule has 0 fully saturated rings. The molecule has 0 aliphatic carbocycles. The fourth-order valence-corrected chi connectivity index (χ4v) is 0. The molecule has 0 aliphatic rings. The molecule has 0 heterocycles. The smallest absolute Gasteiger partial charge is 0 e. The predicted octanol–water partition coefficient (Wildman–Crippen LogP) is -0.250. The molecular weight excluding hydrogens is 5330 g/mol. The first kappa shape index (κ1) is 1120. The van der Waals surface area contributed by atoms with E-state index < -0.39 is 0 Å². The average molecular weight is 5330 g/mol. The predicted molar refractivity (Wildman–Crippen MR) is 0 cm³/mol. The molecule has 100 heavy (non-hydrogen) atoms. The van der Waals surface area contributed by atoms with Gasteiger partial charge < -0.3 is 0 Å². The van der Waals surface area contributed by atoms with Crippen molar-refractivity contribution in [3.8, 4) is 0 Å². The van der Waals surface area contributed by atoms with Gasteiger partial charge >= 0.3 is 0 Å². The summed E-state index contributed by atoms with van der Waals surface area (Å²) in [5, 5.41) is 0. The fourth-order valence-electron chi connectivity index (χ4n) is 0. The van der Waals surface area contributed by atoms with Gasteiger partial charge in [0.2, 0.25) is 0 Å². The Hall–Kier alpha value is 60.4. The summed E-state index contributed by atoms with van der Waals surface area (Å²) in [5.74, 6) is 0. The van der Waals surface area contributed by atoms with Crippen LogP contribution in [0.15, 0.2) is 0 Å². The zero-order valence-electron chi connectivity index (χ0n) is 40.8. The maximum absolute atomic E-state index is 0. The third kappa shape index (κ3) is 1080. The Labute approximate surface area is 1850 Å². The fraction of sp³-hybridized carbons (Fsp3) is 0. The first-order valence-electron chi connectivity index (χ1n) is 0. The molecule has 0 atom stereocenters. The molecule has 0 spiro atoms. The number of hydrogen-bond acceptors (Lipinski definition) is 0. The van der Waals surface area contributed by atoms with Crippen molar-refractivity contribution >= 4 is 0 Å². The molecule has 700 valence electrons. The Balaban J connectivity index is 0. The van der Waals surface area contributed by atoms with E-state index in [-0.39, 0.29) is 1910 Å². The molecule has 0 unspecified atom stereocenters. The summed E-state index contributed by atoms with van der Waals surface area (Å²) in [6.07, 6.45) is 0. The van der Waals surface area contributed by atoms with E-state index in [4.69, 9.17) is 0 Å². The first-order valence-corrected chi connectivity index (χ1v) is 0. The maximum atomic E-state index is 0. The van der Waals surface area contributed by atoms with E-state index in [0.717, 1.165) is 0 Å². The zero-order chi connectivity index (χ0) is 0. The SMILES string of the molecule is [Ni].[Ni].[Ni].[Ni].[Ni].[Ni].[Ni].[Ni].[Ni].[Ni].[Ni].[Ni].[Ni].[Ni].[Ni].[Ni].[Ni].[Ni].[Ni].[Ni].[Ni].[Ni].[Ni].[Ni].[Ni].[Ni].[Ni].[Ni].[Ni].[Ni].[Ni].[Ni].[Ni].[Ni].[Ni].[Ni].[Ni].[Ni].[Ni].[Ni].[Ni].[Ni].[Ni].[Ni].[Ni].[Ni].[Ni].[Ni].[Ni].[Ni].[Ti].[Ti].[Ti].[Ti].[Ti].[Ti].[Ti].[Ti].[Ti].[Ti].[Ti].[Ti].[Ti].[Ti].[Ti].[Ti].[Ti].[Ti].[Ti].[Ti].[Ti].[Ti].[Ti].[Ti].[Ti].[Ti].[Ti].[Ti].[Ti].[Ti].[Ti].[Ti].[Ti].[Ti].[Ti].[Ti].[Ti].[Ti].[Ti].[Ti].[Ti].[Ti].[Ti].[Ti].[Ti].[Ti].[Ti].[Ti].[Ti].[Ti]. The molecule has 0 radical (unpaired) electrons. The van der Waals surface area contributed by atoms with Gasteiger partial charge in [0.1, 0.15) is 0 Å². The van der Waals surface area contributed by atoms with Gasteiger partial charge in [0, 0.05) is 1910 Å². The summed E-state index contributed by atoms with van der Waals surface area (Å²) in [4.78, 5) is 0. The first-order chi connectivity index (χ1) is 0. The van der Waals surface area contributed by atoms with Gasteiger partial charge in [-0.2, -0.15) is 0 Å². The molecule has 0 aromatic rings. The van der Waals surface area contributed by atoms with Gasteiger partial charge in [0.25, 0.3) is 0 Å². The van der Waals surface area contributed by atoms with Gasteiger partial charge in [-0.05, 0) is 0 Å². The van der Waals surface area contributed by atoms with Crippen molar-refractivity contribution in [2.24, 2.45) is 0 Å². The second-order valence-electron chi connectivity index (χ2n) is 0. The monoisotopic (exact) mass is 5290 g/mol. The molecule has 0 rings (SSSR count). The Morgan fingerprint density at radius 1 is 0.0200 bits per heavy atom. The Bertz CT molecular complexity index is 100. The summed E-state index contributed by atoms with van der Waals surface area (Å²) in [6.45, 7) is 0. The zero-order valence-corrected chi connectivity index (χ0v) is 168. The third-order valence-electron chi connectivity index (χ3n) is 0. The third-order valence-corrected chi connectivity index (χ3v) is 0. The second-order valence-corrected chi connectivity index (χ2v) is 0. The topological polar surface area (TPSA) is 0 Å². The van der Waals surface area contributed by atoms with E-state index in [2.05, 4.69) is 0 Å². The van der Waals surface area contributed by atoms with Crippen molar-refractivity contribution in [1.82, 2.24) is 0 Å². The van der Waals surface area contributed by atoms with Crippen LogP contribution in [-0.2, 0) is 1910 Å². The molecule has 0 amide bonds. The molecule has 0 bridgehead atoms. The summed E-state index contributed by atoms with van der Waals surface area (Å²) < 4.78 is 0. The quantitative estimate of drug-likeness (QED) is 0.295. The van der Waals surface area contributed by atoms with Gasteiger partial charge in [-0.1, -0.05) is 0 Å². The van der Waals surface area contributed by atoms with Crippen LogP contribution in [0, 0.1) is 0 Å². The Morgan fingerprint density at radius 2 is 0.0200 bits per heavy atom. The van der Waals surface area contributed by atoms with Crippen LogP contribution in [0.25, 0.3) is 0 Å². The van der Waals surface area contributed by atoms with Gasteiger partial charge in [0.05, 0.1) is 0 Å². The summed E-state index contributed by atoms with van der Waals surface area (Å²) in [7, 11) is 0. The van der Waals surface area contributed by atoms with E-state index in [1.807, 2.05) is 0 Å². The Morgan fingerprint density at radius 3 is 0.0200 bits per heavy atom. The van der Waals surface area contributed by atoms with Crippen LogP contribution in [0.1, 0.15) is 0 Å². The molecule has 0 N–H and O–H groups in total. The van der Waals surface area contributed by atoms with Crippen LogP contribution in [0.2, 0.25) is 0 Å². The maximum Gasteiger partial charge on any atom is 0 e. The van der Waals surface area contributed by atoms with Gasteiger partial charge in [-0.25, -0.2) is 0 Å². The van der Waals surface area contributed by atoms with Crippen molar-refractivity contribution in [3.05, 3.63) is 0 Å². The van der Waals surface area contributed by atoms with Crippen molar-refractivity contribution in [1.29, 1.82) is 0 Å². The molecule has 0 aromatic heterocycles. The molecule has 0 saturated carbocycles. The molecule has 0 aromatic carbocycles. The van der Waals surface area contributed by atoms with E-state index >= 15 is 0 Å². The number of hydrogen-bond donors (Lipinski definition) is 0.